The van der Waals surface area contributed by atoms with Crippen molar-refractivity contribution in [3.05, 3.63) is 35.5 Å². The van der Waals surface area contributed by atoms with Crippen LogP contribution in [0.3, 0.4) is 0 Å². The number of allylic oxidation sites excluding steroid dienone is 3. The van der Waals surface area contributed by atoms with E-state index in [1.54, 1.807) is 0 Å². The SMILES string of the molecule is C=C1/C(=C\C=C2/CCC[C@]3(C)[C@@H]([C@H](C)CCCC(=O)OC)CC[C@@H]23)C[C@@H](OC(C)=O)C[C@@H]1O. The summed E-state index contributed by atoms with van der Waals surface area (Å²) in [6.07, 6.45) is 13.0. The lowest BCUT2D eigenvalue weighted by molar-refractivity contribution is -0.147. The fourth-order valence-electron chi connectivity index (χ4n) is 6.86. The van der Waals surface area contributed by atoms with Crippen LogP contribution in [0.2, 0.25) is 0 Å². The van der Waals surface area contributed by atoms with E-state index in [0.717, 1.165) is 30.4 Å². The lowest BCUT2D eigenvalue weighted by Gasteiger charge is -2.44. The van der Waals surface area contributed by atoms with Crippen LogP contribution >= 0.6 is 0 Å². The summed E-state index contributed by atoms with van der Waals surface area (Å²) in [5.74, 6) is 1.44. The van der Waals surface area contributed by atoms with Crippen molar-refractivity contribution in [3.63, 3.8) is 0 Å². The van der Waals surface area contributed by atoms with Gasteiger partial charge in [0.2, 0.25) is 0 Å². The maximum atomic E-state index is 11.5. The lowest BCUT2D eigenvalue weighted by Crippen LogP contribution is -2.36. The largest absolute Gasteiger partial charge is 0.469 e. The predicted molar refractivity (Wildman–Crippen MR) is 129 cm³/mol. The Morgan fingerprint density at radius 1 is 1.30 bits per heavy atom. The number of ether oxygens (including phenoxy) is 2. The molecule has 0 aromatic heterocycles. The smallest absolute Gasteiger partial charge is 0.305 e. The third-order valence-corrected chi connectivity index (χ3v) is 8.57. The quantitative estimate of drug-likeness (QED) is 0.497. The second-order valence-electron chi connectivity index (χ2n) is 10.7. The van der Waals surface area contributed by atoms with Crippen molar-refractivity contribution in [2.24, 2.45) is 23.2 Å². The van der Waals surface area contributed by atoms with Gasteiger partial charge in [-0.25, -0.2) is 0 Å². The Morgan fingerprint density at radius 3 is 2.76 bits per heavy atom. The van der Waals surface area contributed by atoms with Gasteiger partial charge in [-0.05, 0) is 79.3 Å². The molecule has 0 heterocycles. The minimum atomic E-state index is -0.661. The first-order valence-electron chi connectivity index (χ1n) is 12.7. The Labute approximate surface area is 199 Å². The van der Waals surface area contributed by atoms with Gasteiger partial charge >= 0.3 is 11.9 Å². The minimum absolute atomic E-state index is 0.112. The van der Waals surface area contributed by atoms with Crippen LogP contribution < -0.4 is 0 Å². The van der Waals surface area contributed by atoms with Gasteiger partial charge in [0.05, 0.1) is 13.2 Å². The molecule has 3 rings (SSSR count). The highest BCUT2D eigenvalue weighted by Gasteiger charge is 2.50. The Balaban J connectivity index is 1.70. The second-order valence-corrected chi connectivity index (χ2v) is 10.7. The molecule has 5 heteroatoms. The van der Waals surface area contributed by atoms with Gasteiger partial charge in [0.1, 0.15) is 6.10 Å². The highest BCUT2D eigenvalue weighted by atomic mass is 16.5. The van der Waals surface area contributed by atoms with Crippen molar-refractivity contribution in [3.8, 4) is 0 Å². The van der Waals surface area contributed by atoms with E-state index in [4.69, 9.17) is 9.47 Å². The second kappa shape index (κ2) is 11.0. The van der Waals surface area contributed by atoms with Gasteiger partial charge in [0.15, 0.2) is 0 Å². The summed E-state index contributed by atoms with van der Waals surface area (Å²) >= 11 is 0. The molecule has 0 aromatic rings. The zero-order valence-corrected chi connectivity index (χ0v) is 20.9. The molecular weight excluding hydrogens is 416 g/mol. The van der Waals surface area contributed by atoms with Crippen LogP contribution in [0.4, 0.5) is 0 Å². The standard InChI is InChI=1S/C28H42O5/c1-18(8-6-10-27(31)32-5)24-13-14-25-21(9-7-15-28(24,25)4)11-12-22-16-23(33-20(3)29)17-26(30)19(22)2/h11-12,18,23-26,30H,2,6-10,13-17H2,1,3-5H3/b21-11+,22-12-/t18-,23-,24-,25+,26+,28-/m1/s1. The monoisotopic (exact) mass is 458 g/mol. The van der Waals surface area contributed by atoms with Gasteiger partial charge in [0, 0.05) is 26.2 Å². The van der Waals surface area contributed by atoms with Crippen LogP contribution in [0, 0.1) is 23.2 Å². The lowest BCUT2D eigenvalue weighted by atomic mass is 9.60. The van der Waals surface area contributed by atoms with E-state index >= 15 is 0 Å². The number of carbonyl (C=O) groups excluding carboxylic acids is 2. The molecule has 0 radical (unpaired) electrons. The summed E-state index contributed by atoms with van der Waals surface area (Å²) in [6.45, 7) is 10.3. The topological polar surface area (TPSA) is 72.8 Å². The van der Waals surface area contributed by atoms with Gasteiger partial charge in [-0.2, -0.15) is 0 Å². The molecule has 3 aliphatic carbocycles. The zero-order chi connectivity index (χ0) is 24.2. The number of esters is 2. The van der Waals surface area contributed by atoms with Gasteiger partial charge in [0.25, 0.3) is 0 Å². The minimum Gasteiger partial charge on any atom is -0.469 e. The van der Waals surface area contributed by atoms with Gasteiger partial charge < -0.3 is 14.6 Å². The molecule has 0 spiro atoms. The Morgan fingerprint density at radius 2 is 2.06 bits per heavy atom. The Kier molecular flexibility index (Phi) is 8.60. The summed E-state index contributed by atoms with van der Waals surface area (Å²) in [6, 6.07) is 0. The number of methoxy groups -OCH3 is 1. The van der Waals surface area contributed by atoms with Crippen LogP contribution in [0.1, 0.15) is 85.0 Å². The van der Waals surface area contributed by atoms with Crippen molar-refractivity contribution >= 4 is 11.9 Å². The number of aliphatic hydroxyl groups excluding tert-OH is 1. The number of hydrogen-bond acceptors (Lipinski definition) is 5. The van der Waals surface area contributed by atoms with Gasteiger partial charge in [-0.3, -0.25) is 9.59 Å². The molecule has 184 valence electrons. The molecule has 5 nitrogen and oxygen atoms in total. The van der Waals surface area contributed by atoms with E-state index in [-0.39, 0.29) is 18.0 Å². The molecule has 3 fully saturated rings. The van der Waals surface area contributed by atoms with Crippen molar-refractivity contribution in [1.29, 1.82) is 0 Å². The maximum absolute atomic E-state index is 11.5. The van der Waals surface area contributed by atoms with E-state index in [1.807, 2.05) is 0 Å². The summed E-state index contributed by atoms with van der Waals surface area (Å²) in [4.78, 5) is 22.9. The highest BCUT2D eigenvalue weighted by Crippen LogP contribution is 2.59. The van der Waals surface area contributed by atoms with Crippen LogP contribution in [0.5, 0.6) is 0 Å². The molecule has 33 heavy (non-hydrogen) atoms. The van der Waals surface area contributed by atoms with Crippen LogP contribution in [-0.2, 0) is 19.1 Å². The molecular formula is C28H42O5. The predicted octanol–water partition coefficient (Wildman–Crippen LogP) is 5.68. The first-order chi connectivity index (χ1) is 15.7. The van der Waals surface area contributed by atoms with E-state index in [2.05, 4.69) is 32.6 Å². The fourth-order valence-corrected chi connectivity index (χ4v) is 6.86. The molecule has 0 amide bonds. The van der Waals surface area contributed by atoms with E-state index in [9.17, 15) is 14.7 Å². The average molecular weight is 459 g/mol. The number of hydrogen-bond donors (Lipinski definition) is 1. The number of carbonyl (C=O) groups is 2. The van der Waals surface area contributed by atoms with Crippen molar-refractivity contribution in [1.82, 2.24) is 0 Å². The van der Waals surface area contributed by atoms with Crippen molar-refractivity contribution < 1.29 is 24.2 Å². The maximum Gasteiger partial charge on any atom is 0.305 e. The summed E-state index contributed by atoms with van der Waals surface area (Å²) in [5.41, 5.74) is 3.55. The number of aliphatic hydroxyl groups is 1. The zero-order valence-electron chi connectivity index (χ0n) is 20.9. The van der Waals surface area contributed by atoms with Gasteiger partial charge in [-0.15, -0.1) is 0 Å². The summed E-state index contributed by atoms with van der Waals surface area (Å²) in [5, 5.41) is 10.4. The van der Waals surface area contributed by atoms with Crippen LogP contribution in [0.15, 0.2) is 35.5 Å². The third kappa shape index (κ3) is 5.98. The number of fused-ring (bicyclic) bond motifs is 1. The molecule has 0 unspecified atom stereocenters. The molecule has 0 aliphatic heterocycles. The van der Waals surface area contributed by atoms with E-state index in [0.29, 0.717) is 42.4 Å². The molecule has 3 saturated carbocycles. The first-order valence-corrected chi connectivity index (χ1v) is 12.7. The Bertz CT molecular complexity index is 809. The molecule has 1 N–H and O–H groups in total. The Hall–Kier alpha value is -1.88. The van der Waals surface area contributed by atoms with Crippen molar-refractivity contribution in [2.75, 3.05) is 7.11 Å². The van der Waals surface area contributed by atoms with Crippen molar-refractivity contribution in [2.45, 2.75) is 97.2 Å². The third-order valence-electron chi connectivity index (χ3n) is 8.57. The highest BCUT2D eigenvalue weighted by molar-refractivity contribution is 5.69. The first kappa shape index (κ1) is 25.7. The van der Waals surface area contributed by atoms with Crippen LogP contribution in [0.25, 0.3) is 0 Å². The molecule has 0 aromatic carbocycles. The summed E-state index contributed by atoms with van der Waals surface area (Å²) in [7, 11) is 1.46. The van der Waals surface area contributed by atoms with Crippen LogP contribution in [-0.4, -0.2) is 36.4 Å². The molecule has 0 saturated heterocycles. The number of rotatable bonds is 7. The summed E-state index contributed by atoms with van der Waals surface area (Å²) < 4.78 is 10.2. The van der Waals surface area contributed by atoms with E-state index in [1.165, 1.54) is 45.3 Å². The molecule has 0 bridgehead atoms. The normalized spacial score (nSPS) is 35.4. The fraction of sp³-hybridized carbons (Fsp3) is 0.714. The molecule has 6 atom stereocenters. The van der Waals surface area contributed by atoms with Gasteiger partial charge in [-0.1, -0.05) is 38.2 Å². The van der Waals surface area contributed by atoms with E-state index < -0.39 is 6.10 Å². The molecule has 3 aliphatic rings. The average Bonchev–Trinajstić information content (AvgIpc) is 3.12.